The molecule has 1 amide bonds. The molecule has 0 bridgehead atoms. The van der Waals surface area contributed by atoms with E-state index < -0.39 is 36.9 Å². The van der Waals surface area contributed by atoms with Gasteiger partial charge in [-0.1, -0.05) is 199 Å². The van der Waals surface area contributed by atoms with Gasteiger partial charge in [-0.25, -0.2) is 0 Å². The second kappa shape index (κ2) is 38.3. The Morgan fingerprint density at radius 3 is 1.18 bits per heavy atom. The first-order valence-corrected chi connectivity index (χ1v) is 21.6. The van der Waals surface area contributed by atoms with Crippen LogP contribution < -0.4 is 5.32 Å². The van der Waals surface area contributed by atoms with E-state index in [0.29, 0.717) is 12.8 Å². The molecule has 6 heteroatoms. The highest BCUT2D eigenvalue weighted by Gasteiger charge is 2.28. The molecule has 5 N–H and O–H groups in total. The summed E-state index contributed by atoms with van der Waals surface area (Å²) in [5.74, 6) is -0.587. The molecular weight excluding hydrogens is 610 g/mol. The van der Waals surface area contributed by atoms with Gasteiger partial charge in [-0.2, -0.15) is 0 Å². The van der Waals surface area contributed by atoms with E-state index in [9.17, 15) is 25.2 Å². The highest BCUT2D eigenvalue weighted by Crippen LogP contribution is 2.16. The SMILES string of the molecule is CCCCCCCCCCCCCC/C=C\CCCCCCCCCCCCCC(O)C(=O)NC(CO)C(O)C(O)CCCCCCCC. The van der Waals surface area contributed by atoms with Crippen molar-refractivity contribution in [2.75, 3.05) is 6.61 Å². The van der Waals surface area contributed by atoms with Crippen LogP contribution in [-0.4, -0.2) is 57.3 Å². The zero-order valence-electron chi connectivity index (χ0n) is 32.7. The molecule has 0 aliphatic rings. The summed E-state index contributed by atoms with van der Waals surface area (Å²) in [6, 6.07) is -0.979. The van der Waals surface area contributed by atoms with Crippen LogP contribution in [0, 0.1) is 0 Å². The predicted octanol–water partition coefficient (Wildman–Crippen LogP) is 11.0. The average Bonchev–Trinajstić information content (AvgIpc) is 3.11. The minimum Gasteiger partial charge on any atom is -0.394 e. The van der Waals surface area contributed by atoms with Crippen LogP contribution in [0.15, 0.2) is 12.2 Å². The van der Waals surface area contributed by atoms with Crippen molar-refractivity contribution >= 4 is 5.91 Å². The second-order valence-electron chi connectivity index (χ2n) is 15.0. The summed E-state index contributed by atoms with van der Waals surface area (Å²) in [5, 5.41) is 43.2. The number of nitrogens with one attached hydrogen (secondary N) is 1. The Hall–Kier alpha value is -0.950. The van der Waals surface area contributed by atoms with Crippen LogP contribution >= 0.6 is 0 Å². The van der Waals surface area contributed by atoms with Gasteiger partial charge in [0.1, 0.15) is 12.2 Å². The molecule has 0 radical (unpaired) electrons. The number of allylic oxidation sites excluding steroid dienone is 2. The molecule has 0 rings (SSSR count). The molecular formula is C43H85NO5. The van der Waals surface area contributed by atoms with E-state index in [1.54, 1.807) is 0 Å². The lowest BCUT2D eigenvalue weighted by Gasteiger charge is -2.27. The van der Waals surface area contributed by atoms with Gasteiger partial charge in [0.15, 0.2) is 0 Å². The lowest BCUT2D eigenvalue weighted by Crippen LogP contribution is -2.53. The standard InChI is InChI=1S/C43H85NO5/c1-3-5-7-9-11-12-13-14-15-16-17-18-19-20-21-22-23-24-25-26-27-28-29-30-31-33-35-37-41(47)43(49)44-39(38-45)42(48)40(46)36-34-32-10-8-6-4-2/h20-21,39-42,45-48H,3-19,22-38H2,1-2H3,(H,44,49)/b21-20-. The molecule has 0 aromatic rings. The van der Waals surface area contributed by atoms with Crippen molar-refractivity contribution in [2.24, 2.45) is 0 Å². The van der Waals surface area contributed by atoms with Crippen LogP contribution in [0.5, 0.6) is 0 Å². The highest BCUT2D eigenvalue weighted by molar-refractivity contribution is 5.80. The number of aliphatic hydroxyl groups excluding tert-OH is 4. The van der Waals surface area contributed by atoms with Crippen LogP contribution in [0.25, 0.3) is 0 Å². The molecule has 0 saturated heterocycles. The van der Waals surface area contributed by atoms with Crippen molar-refractivity contribution in [3.05, 3.63) is 12.2 Å². The number of hydrogen-bond acceptors (Lipinski definition) is 5. The Morgan fingerprint density at radius 1 is 0.490 bits per heavy atom. The minimum atomic E-state index is -1.25. The zero-order chi connectivity index (χ0) is 36.0. The first-order chi connectivity index (χ1) is 24.0. The molecule has 4 unspecified atom stereocenters. The van der Waals surface area contributed by atoms with E-state index in [0.717, 1.165) is 38.5 Å². The molecule has 0 aromatic heterocycles. The summed E-state index contributed by atoms with van der Waals surface area (Å²) >= 11 is 0. The van der Waals surface area contributed by atoms with Gasteiger partial charge in [0, 0.05) is 0 Å². The number of carbonyl (C=O) groups excluding carboxylic acids is 1. The van der Waals surface area contributed by atoms with Gasteiger partial charge in [-0.3, -0.25) is 4.79 Å². The molecule has 0 spiro atoms. The number of hydrogen-bond donors (Lipinski definition) is 5. The zero-order valence-corrected chi connectivity index (χ0v) is 32.7. The van der Waals surface area contributed by atoms with Crippen molar-refractivity contribution in [3.8, 4) is 0 Å². The third-order valence-corrected chi connectivity index (χ3v) is 10.2. The molecule has 0 saturated carbocycles. The summed E-state index contributed by atoms with van der Waals surface area (Å²) in [4.78, 5) is 12.4. The van der Waals surface area contributed by atoms with Gasteiger partial charge in [0.25, 0.3) is 0 Å². The number of carbonyl (C=O) groups is 1. The Bertz CT molecular complexity index is 702. The Morgan fingerprint density at radius 2 is 0.816 bits per heavy atom. The summed E-state index contributed by atoms with van der Waals surface area (Å²) in [6.45, 7) is 3.98. The molecule has 0 aliphatic heterocycles. The van der Waals surface area contributed by atoms with Gasteiger partial charge in [-0.15, -0.1) is 0 Å². The molecule has 0 heterocycles. The maximum atomic E-state index is 12.4. The van der Waals surface area contributed by atoms with E-state index in [-0.39, 0.29) is 0 Å². The number of amides is 1. The van der Waals surface area contributed by atoms with Gasteiger partial charge in [0.2, 0.25) is 5.91 Å². The van der Waals surface area contributed by atoms with Crippen LogP contribution in [0.4, 0.5) is 0 Å². The molecule has 0 fully saturated rings. The molecule has 49 heavy (non-hydrogen) atoms. The lowest BCUT2D eigenvalue weighted by atomic mass is 9.99. The lowest BCUT2D eigenvalue weighted by molar-refractivity contribution is -0.132. The van der Waals surface area contributed by atoms with E-state index in [2.05, 4.69) is 31.3 Å². The minimum absolute atomic E-state index is 0.370. The fraction of sp³-hybridized carbons (Fsp3) is 0.930. The molecule has 6 nitrogen and oxygen atoms in total. The Balaban J connectivity index is 3.56. The fourth-order valence-corrected chi connectivity index (χ4v) is 6.75. The molecule has 0 aliphatic carbocycles. The van der Waals surface area contributed by atoms with Crippen molar-refractivity contribution in [1.29, 1.82) is 0 Å². The molecule has 292 valence electrons. The topological polar surface area (TPSA) is 110 Å². The van der Waals surface area contributed by atoms with Crippen molar-refractivity contribution in [2.45, 2.75) is 250 Å². The summed E-state index contributed by atoms with van der Waals surface area (Å²) in [6.07, 6.45) is 41.5. The van der Waals surface area contributed by atoms with E-state index in [1.165, 1.54) is 161 Å². The summed E-state index contributed by atoms with van der Waals surface area (Å²) < 4.78 is 0. The van der Waals surface area contributed by atoms with Crippen molar-refractivity contribution in [3.63, 3.8) is 0 Å². The average molecular weight is 696 g/mol. The van der Waals surface area contributed by atoms with E-state index >= 15 is 0 Å². The Kier molecular flexibility index (Phi) is 37.5. The Labute approximate surface area is 304 Å². The second-order valence-corrected chi connectivity index (χ2v) is 15.0. The van der Waals surface area contributed by atoms with Gasteiger partial charge >= 0.3 is 0 Å². The monoisotopic (exact) mass is 696 g/mol. The smallest absolute Gasteiger partial charge is 0.249 e. The van der Waals surface area contributed by atoms with Crippen LogP contribution in [0.1, 0.15) is 226 Å². The van der Waals surface area contributed by atoms with Crippen LogP contribution in [0.3, 0.4) is 0 Å². The maximum absolute atomic E-state index is 12.4. The molecule has 0 aromatic carbocycles. The van der Waals surface area contributed by atoms with Crippen LogP contribution in [-0.2, 0) is 4.79 Å². The summed E-state index contributed by atoms with van der Waals surface area (Å²) in [7, 11) is 0. The third-order valence-electron chi connectivity index (χ3n) is 10.2. The summed E-state index contributed by atoms with van der Waals surface area (Å²) in [5.41, 5.74) is 0. The van der Waals surface area contributed by atoms with Gasteiger partial charge in [0.05, 0.1) is 18.8 Å². The van der Waals surface area contributed by atoms with Gasteiger partial charge in [-0.05, 0) is 38.5 Å². The van der Waals surface area contributed by atoms with Crippen molar-refractivity contribution < 1.29 is 25.2 Å². The number of rotatable bonds is 39. The normalized spacial score (nSPS) is 14.3. The van der Waals surface area contributed by atoms with Crippen molar-refractivity contribution in [1.82, 2.24) is 5.32 Å². The maximum Gasteiger partial charge on any atom is 0.249 e. The fourth-order valence-electron chi connectivity index (χ4n) is 6.75. The number of unbranched alkanes of at least 4 members (excludes halogenated alkanes) is 28. The first-order valence-electron chi connectivity index (χ1n) is 21.6. The quantitative estimate of drug-likeness (QED) is 0.0325. The third kappa shape index (κ3) is 32.7. The van der Waals surface area contributed by atoms with E-state index in [1.807, 2.05) is 0 Å². The van der Waals surface area contributed by atoms with Crippen LogP contribution in [0.2, 0.25) is 0 Å². The first kappa shape index (κ1) is 48.0. The van der Waals surface area contributed by atoms with E-state index in [4.69, 9.17) is 0 Å². The van der Waals surface area contributed by atoms with Gasteiger partial charge < -0.3 is 25.7 Å². The molecule has 4 atom stereocenters. The highest BCUT2D eigenvalue weighted by atomic mass is 16.3. The largest absolute Gasteiger partial charge is 0.394 e. The number of aliphatic hydroxyl groups is 4. The predicted molar refractivity (Wildman–Crippen MR) is 210 cm³/mol.